The topological polar surface area (TPSA) is 46.2 Å². The Morgan fingerprint density at radius 1 is 1.62 bits per heavy atom. The Bertz CT molecular complexity index is 294. The normalized spacial score (nSPS) is 15.5. The van der Waals surface area contributed by atoms with Crippen LogP contribution in [0.4, 0.5) is 4.39 Å². The minimum Gasteiger partial charge on any atom is -0.384 e. The average molecular weight is 204 g/mol. The van der Waals surface area contributed by atoms with Gasteiger partial charge in [-0.2, -0.15) is 0 Å². The summed E-state index contributed by atoms with van der Waals surface area (Å²) in [4.78, 5) is 0. The van der Waals surface area contributed by atoms with Crippen molar-refractivity contribution in [1.29, 1.82) is 0 Å². The first-order valence-electron chi connectivity index (χ1n) is 3.86. The lowest BCUT2D eigenvalue weighted by Gasteiger charge is -2.23. The molecule has 4 heteroatoms. The van der Waals surface area contributed by atoms with Gasteiger partial charge in [-0.15, -0.1) is 0 Å². The Morgan fingerprint density at radius 3 is 2.69 bits per heavy atom. The van der Waals surface area contributed by atoms with E-state index < -0.39 is 11.4 Å². The van der Waals surface area contributed by atoms with Crippen molar-refractivity contribution < 1.29 is 9.50 Å². The van der Waals surface area contributed by atoms with Gasteiger partial charge in [0.1, 0.15) is 11.4 Å². The van der Waals surface area contributed by atoms with Crippen molar-refractivity contribution in [3.05, 3.63) is 34.6 Å². The van der Waals surface area contributed by atoms with Crippen LogP contribution in [0.5, 0.6) is 0 Å². The number of hydrogen-bond donors (Lipinski definition) is 2. The molecule has 2 nitrogen and oxygen atoms in total. The lowest BCUT2D eigenvalue weighted by atomic mass is 9.96. The molecule has 0 bridgehead atoms. The molecule has 1 unspecified atom stereocenters. The summed E-state index contributed by atoms with van der Waals surface area (Å²) >= 11 is 5.74. The van der Waals surface area contributed by atoms with Crippen LogP contribution in [0.3, 0.4) is 0 Å². The monoisotopic (exact) mass is 203 g/mol. The number of nitrogens with two attached hydrogens (primary N) is 1. The van der Waals surface area contributed by atoms with Crippen LogP contribution in [0.15, 0.2) is 18.2 Å². The van der Waals surface area contributed by atoms with Gasteiger partial charge in [-0.05, 0) is 19.1 Å². The van der Waals surface area contributed by atoms with Crippen LogP contribution < -0.4 is 5.73 Å². The van der Waals surface area contributed by atoms with E-state index in [1.807, 2.05) is 0 Å². The van der Waals surface area contributed by atoms with Crippen LogP contribution in [-0.2, 0) is 5.60 Å². The second-order valence-corrected chi connectivity index (χ2v) is 3.48. The quantitative estimate of drug-likeness (QED) is 0.768. The molecule has 0 saturated carbocycles. The Hall–Kier alpha value is -0.640. The van der Waals surface area contributed by atoms with Gasteiger partial charge in [0.2, 0.25) is 0 Å². The van der Waals surface area contributed by atoms with Gasteiger partial charge in [0.25, 0.3) is 0 Å². The molecule has 72 valence electrons. The van der Waals surface area contributed by atoms with Gasteiger partial charge in [-0.25, -0.2) is 4.39 Å². The van der Waals surface area contributed by atoms with Crippen LogP contribution in [0.2, 0.25) is 5.02 Å². The third kappa shape index (κ3) is 1.99. The molecule has 0 aliphatic carbocycles. The molecule has 0 aliphatic rings. The summed E-state index contributed by atoms with van der Waals surface area (Å²) in [5.74, 6) is -0.539. The van der Waals surface area contributed by atoms with Gasteiger partial charge in [-0.3, -0.25) is 0 Å². The van der Waals surface area contributed by atoms with E-state index in [0.29, 0.717) is 0 Å². The zero-order chi connectivity index (χ0) is 10.1. The molecule has 0 saturated heterocycles. The van der Waals surface area contributed by atoms with Gasteiger partial charge in [0.15, 0.2) is 0 Å². The zero-order valence-corrected chi connectivity index (χ0v) is 7.98. The third-order valence-corrected chi connectivity index (χ3v) is 2.21. The molecular formula is C9H11ClFNO. The number of benzene rings is 1. The smallest absolute Gasteiger partial charge is 0.130 e. The molecular weight excluding hydrogens is 193 g/mol. The highest BCUT2D eigenvalue weighted by molar-refractivity contribution is 6.31. The van der Waals surface area contributed by atoms with Gasteiger partial charge >= 0.3 is 0 Å². The van der Waals surface area contributed by atoms with Crippen molar-refractivity contribution in [2.24, 2.45) is 5.73 Å². The van der Waals surface area contributed by atoms with Crippen LogP contribution in [-0.4, -0.2) is 11.7 Å². The van der Waals surface area contributed by atoms with Crippen molar-refractivity contribution in [3.63, 3.8) is 0 Å². The standard InChI is InChI=1S/C9H11ClFNO/c1-9(13,5-12)8-6(10)3-2-4-7(8)11/h2-4,13H,5,12H2,1H3. The number of rotatable bonds is 2. The minimum absolute atomic E-state index is 0.0548. The van der Waals surface area contributed by atoms with Crippen LogP contribution in [0.25, 0.3) is 0 Å². The fraction of sp³-hybridized carbons (Fsp3) is 0.333. The van der Waals surface area contributed by atoms with E-state index >= 15 is 0 Å². The highest BCUT2D eigenvalue weighted by Crippen LogP contribution is 2.29. The third-order valence-electron chi connectivity index (χ3n) is 1.90. The van der Waals surface area contributed by atoms with Crippen LogP contribution in [0, 0.1) is 5.82 Å². The van der Waals surface area contributed by atoms with E-state index in [4.69, 9.17) is 17.3 Å². The molecule has 0 heterocycles. The van der Waals surface area contributed by atoms with E-state index in [-0.39, 0.29) is 17.1 Å². The molecule has 1 aromatic carbocycles. The van der Waals surface area contributed by atoms with E-state index in [2.05, 4.69) is 0 Å². The molecule has 0 radical (unpaired) electrons. The van der Waals surface area contributed by atoms with Crippen molar-refractivity contribution in [2.45, 2.75) is 12.5 Å². The molecule has 1 rings (SSSR count). The minimum atomic E-state index is -1.41. The first kappa shape index (κ1) is 10.4. The Kier molecular flexibility index (Phi) is 2.91. The average Bonchev–Trinajstić information content (AvgIpc) is 2.03. The molecule has 0 amide bonds. The van der Waals surface area contributed by atoms with Gasteiger partial charge in [0, 0.05) is 17.1 Å². The SMILES string of the molecule is CC(O)(CN)c1c(F)cccc1Cl. The largest absolute Gasteiger partial charge is 0.384 e. The van der Waals surface area contributed by atoms with Crippen LogP contribution >= 0.6 is 11.6 Å². The first-order valence-corrected chi connectivity index (χ1v) is 4.24. The number of aliphatic hydroxyl groups is 1. The van der Waals surface area contributed by atoms with Crippen molar-refractivity contribution in [3.8, 4) is 0 Å². The molecule has 0 aromatic heterocycles. The molecule has 1 aromatic rings. The second kappa shape index (κ2) is 3.62. The fourth-order valence-electron chi connectivity index (χ4n) is 1.11. The van der Waals surface area contributed by atoms with E-state index in [9.17, 15) is 9.50 Å². The summed E-state index contributed by atoms with van der Waals surface area (Å²) in [5, 5.41) is 9.90. The summed E-state index contributed by atoms with van der Waals surface area (Å²) in [6.45, 7) is 1.35. The zero-order valence-electron chi connectivity index (χ0n) is 7.22. The highest BCUT2D eigenvalue weighted by atomic mass is 35.5. The molecule has 0 spiro atoms. The summed E-state index contributed by atoms with van der Waals surface area (Å²) in [7, 11) is 0. The van der Waals surface area contributed by atoms with Crippen molar-refractivity contribution in [1.82, 2.24) is 0 Å². The van der Waals surface area contributed by atoms with Gasteiger partial charge in [-0.1, -0.05) is 17.7 Å². The van der Waals surface area contributed by atoms with Crippen molar-refractivity contribution in [2.75, 3.05) is 6.54 Å². The van der Waals surface area contributed by atoms with E-state index in [1.165, 1.54) is 25.1 Å². The fourth-order valence-corrected chi connectivity index (χ4v) is 1.48. The van der Waals surface area contributed by atoms with Crippen LogP contribution in [0.1, 0.15) is 12.5 Å². The molecule has 0 aliphatic heterocycles. The Balaban J connectivity index is 3.28. The Labute approximate surface area is 81.1 Å². The molecule has 1 atom stereocenters. The van der Waals surface area contributed by atoms with E-state index in [0.717, 1.165) is 0 Å². The van der Waals surface area contributed by atoms with E-state index in [1.54, 1.807) is 0 Å². The maximum Gasteiger partial charge on any atom is 0.130 e. The lowest BCUT2D eigenvalue weighted by Crippen LogP contribution is -2.32. The maximum absolute atomic E-state index is 13.2. The number of hydrogen-bond acceptors (Lipinski definition) is 2. The predicted octanol–water partition coefficient (Wildman–Crippen LogP) is 1.65. The molecule has 3 N–H and O–H groups in total. The highest BCUT2D eigenvalue weighted by Gasteiger charge is 2.27. The summed E-state index contributed by atoms with van der Waals surface area (Å²) < 4.78 is 13.2. The maximum atomic E-state index is 13.2. The summed E-state index contributed by atoms with van der Waals surface area (Å²) in [6, 6.07) is 4.24. The summed E-state index contributed by atoms with van der Waals surface area (Å²) in [5.41, 5.74) is 3.94. The predicted molar refractivity (Wildman–Crippen MR) is 50.0 cm³/mol. The molecule has 0 fully saturated rings. The van der Waals surface area contributed by atoms with Crippen molar-refractivity contribution >= 4 is 11.6 Å². The Morgan fingerprint density at radius 2 is 2.23 bits per heavy atom. The second-order valence-electron chi connectivity index (χ2n) is 3.07. The van der Waals surface area contributed by atoms with Gasteiger partial charge in [0.05, 0.1) is 0 Å². The summed E-state index contributed by atoms with van der Waals surface area (Å²) in [6.07, 6.45) is 0. The van der Waals surface area contributed by atoms with Gasteiger partial charge < -0.3 is 10.8 Å². The number of halogens is 2. The first-order chi connectivity index (χ1) is 5.99. The lowest BCUT2D eigenvalue weighted by molar-refractivity contribution is 0.0630. The molecule has 13 heavy (non-hydrogen) atoms.